The molecule has 0 spiro atoms. The van der Waals surface area contributed by atoms with Gasteiger partial charge in [-0.05, 0) is 12.5 Å². The van der Waals surface area contributed by atoms with Crippen LogP contribution in [0.3, 0.4) is 0 Å². The second-order valence-electron chi connectivity index (χ2n) is 3.79. The number of nitrogens with zero attached hydrogens (tertiary/aromatic N) is 2. The molecular formula is C12H14N4S. The summed E-state index contributed by atoms with van der Waals surface area (Å²) in [5.74, 6) is 0.0883. The molecule has 2 aromatic rings. The lowest BCUT2D eigenvalue weighted by atomic mass is 10.1. The summed E-state index contributed by atoms with van der Waals surface area (Å²) in [6, 6.07) is 5.78. The van der Waals surface area contributed by atoms with Crippen LogP contribution in [-0.2, 0) is 7.05 Å². The minimum Gasteiger partial charge on any atom is -0.384 e. The highest BCUT2D eigenvalue weighted by atomic mass is 32.2. The van der Waals surface area contributed by atoms with Gasteiger partial charge in [-0.2, -0.15) is 0 Å². The van der Waals surface area contributed by atoms with Gasteiger partial charge in [-0.15, -0.1) is 0 Å². The lowest BCUT2D eigenvalue weighted by Gasteiger charge is -2.10. The van der Waals surface area contributed by atoms with Crippen molar-refractivity contribution in [2.24, 2.45) is 12.8 Å². The SMILES string of the molecule is Cc1cccc(C(=N)N)c1Sc1nccn1C. The number of nitrogen functional groups attached to an aromatic ring is 1. The molecule has 0 aliphatic carbocycles. The third-order valence-electron chi connectivity index (χ3n) is 2.47. The van der Waals surface area contributed by atoms with E-state index < -0.39 is 0 Å². The molecule has 3 N–H and O–H groups in total. The van der Waals surface area contributed by atoms with E-state index in [1.165, 1.54) is 11.8 Å². The second kappa shape index (κ2) is 4.63. The molecule has 5 heteroatoms. The van der Waals surface area contributed by atoms with Crippen molar-refractivity contribution in [1.29, 1.82) is 5.41 Å². The van der Waals surface area contributed by atoms with Crippen molar-refractivity contribution in [3.63, 3.8) is 0 Å². The van der Waals surface area contributed by atoms with Crippen LogP contribution in [0.25, 0.3) is 0 Å². The lowest BCUT2D eigenvalue weighted by molar-refractivity contribution is 0.790. The van der Waals surface area contributed by atoms with Crippen LogP contribution in [0.1, 0.15) is 11.1 Å². The maximum absolute atomic E-state index is 7.59. The minimum absolute atomic E-state index is 0.0883. The molecule has 0 aliphatic rings. The standard InChI is InChI=1S/C12H14N4S/c1-8-4-3-5-9(11(13)14)10(8)17-12-15-6-7-16(12)2/h3-7H,1-2H3,(H3,13,14). The molecule has 0 atom stereocenters. The summed E-state index contributed by atoms with van der Waals surface area (Å²) in [6.07, 6.45) is 3.65. The van der Waals surface area contributed by atoms with Gasteiger partial charge in [-0.3, -0.25) is 5.41 Å². The molecular weight excluding hydrogens is 232 g/mol. The largest absolute Gasteiger partial charge is 0.384 e. The molecule has 0 bridgehead atoms. The molecule has 0 fully saturated rings. The van der Waals surface area contributed by atoms with E-state index in [1.54, 1.807) is 6.20 Å². The zero-order valence-electron chi connectivity index (χ0n) is 9.77. The number of hydrogen-bond acceptors (Lipinski definition) is 3. The Bertz CT molecular complexity index is 559. The molecule has 0 aliphatic heterocycles. The summed E-state index contributed by atoms with van der Waals surface area (Å²) in [5.41, 5.74) is 7.46. The Balaban J connectivity index is 2.45. The fourth-order valence-corrected chi connectivity index (χ4v) is 2.56. The van der Waals surface area contributed by atoms with Gasteiger partial charge >= 0.3 is 0 Å². The predicted molar refractivity (Wildman–Crippen MR) is 69.5 cm³/mol. The number of hydrogen-bond donors (Lipinski definition) is 2. The van der Waals surface area contributed by atoms with Gasteiger partial charge in [0.25, 0.3) is 0 Å². The van der Waals surface area contributed by atoms with Gasteiger partial charge in [0.05, 0.1) is 0 Å². The van der Waals surface area contributed by atoms with E-state index >= 15 is 0 Å². The average molecular weight is 246 g/mol. The number of aryl methyl sites for hydroxylation is 2. The first-order chi connectivity index (χ1) is 8.09. The highest BCUT2D eigenvalue weighted by Gasteiger charge is 2.11. The zero-order valence-corrected chi connectivity index (χ0v) is 10.6. The predicted octanol–water partition coefficient (Wildman–Crippen LogP) is 2.16. The van der Waals surface area contributed by atoms with Gasteiger partial charge in [0, 0.05) is 29.9 Å². The van der Waals surface area contributed by atoms with Crippen LogP contribution < -0.4 is 5.73 Å². The van der Waals surface area contributed by atoms with Crippen LogP contribution in [0.4, 0.5) is 0 Å². The van der Waals surface area contributed by atoms with Crippen molar-refractivity contribution >= 4 is 17.6 Å². The van der Waals surface area contributed by atoms with Crippen LogP contribution in [0.15, 0.2) is 40.6 Å². The van der Waals surface area contributed by atoms with Crippen LogP contribution in [0.2, 0.25) is 0 Å². The second-order valence-corrected chi connectivity index (χ2v) is 4.77. The average Bonchev–Trinajstić information content (AvgIpc) is 2.67. The maximum Gasteiger partial charge on any atom is 0.172 e. The quantitative estimate of drug-likeness (QED) is 0.644. The number of aromatic nitrogens is 2. The van der Waals surface area contributed by atoms with Crippen LogP contribution in [0, 0.1) is 12.3 Å². The van der Waals surface area contributed by atoms with Crippen LogP contribution in [-0.4, -0.2) is 15.4 Å². The summed E-state index contributed by atoms with van der Waals surface area (Å²) >= 11 is 1.53. The zero-order chi connectivity index (χ0) is 12.4. The number of nitrogens with one attached hydrogen (secondary N) is 1. The highest BCUT2D eigenvalue weighted by molar-refractivity contribution is 7.99. The van der Waals surface area contributed by atoms with Gasteiger partial charge in [0.1, 0.15) is 5.84 Å². The smallest absolute Gasteiger partial charge is 0.172 e. The van der Waals surface area contributed by atoms with Crippen molar-refractivity contribution < 1.29 is 0 Å². The molecule has 88 valence electrons. The van der Waals surface area contributed by atoms with Crippen molar-refractivity contribution in [2.45, 2.75) is 17.0 Å². The molecule has 1 heterocycles. The topological polar surface area (TPSA) is 67.7 Å². The summed E-state index contributed by atoms with van der Waals surface area (Å²) in [7, 11) is 1.95. The third-order valence-corrected chi connectivity index (χ3v) is 3.79. The first kappa shape index (κ1) is 11.7. The monoisotopic (exact) mass is 246 g/mol. The summed E-state index contributed by atoms with van der Waals surface area (Å²) < 4.78 is 1.95. The Hall–Kier alpha value is -1.75. The summed E-state index contributed by atoms with van der Waals surface area (Å²) in [4.78, 5) is 5.26. The van der Waals surface area contributed by atoms with E-state index in [4.69, 9.17) is 11.1 Å². The molecule has 0 saturated heterocycles. The Kier molecular flexibility index (Phi) is 3.19. The molecule has 0 saturated carbocycles. The summed E-state index contributed by atoms with van der Waals surface area (Å²) in [6.45, 7) is 2.01. The third kappa shape index (κ3) is 2.34. The van der Waals surface area contributed by atoms with Gasteiger partial charge in [-0.25, -0.2) is 4.98 Å². The van der Waals surface area contributed by atoms with Gasteiger partial charge in [-0.1, -0.05) is 30.0 Å². The van der Waals surface area contributed by atoms with E-state index in [0.717, 1.165) is 21.2 Å². The molecule has 0 unspecified atom stereocenters. The molecule has 0 radical (unpaired) electrons. The fourth-order valence-electron chi connectivity index (χ4n) is 1.54. The van der Waals surface area contributed by atoms with Crippen molar-refractivity contribution in [3.8, 4) is 0 Å². The Morgan fingerprint density at radius 2 is 2.24 bits per heavy atom. The molecule has 0 amide bonds. The molecule has 4 nitrogen and oxygen atoms in total. The summed E-state index contributed by atoms with van der Waals surface area (Å²) in [5, 5.41) is 8.48. The van der Waals surface area contributed by atoms with E-state index in [1.807, 2.05) is 42.9 Å². The van der Waals surface area contributed by atoms with Crippen molar-refractivity contribution in [3.05, 3.63) is 41.7 Å². The molecule has 1 aromatic heterocycles. The molecule has 2 rings (SSSR count). The maximum atomic E-state index is 7.59. The normalized spacial score (nSPS) is 10.5. The highest BCUT2D eigenvalue weighted by Crippen LogP contribution is 2.31. The first-order valence-corrected chi connectivity index (χ1v) is 6.00. The van der Waals surface area contributed by atoms with Gasteiger partial charge < -0.3 is 10.3 Å². The first-order valence-electron chi connectivity index (χ1n) is 5.19. The van der Waals surface area contributed by atoms with E-state index in [-0.39, 0.29) is 5.84 Å². The lowest BCUT2D eigenvalue weighted by Crippen LogP contribution is -2.12. The Morgan fingerprint density at radius 1 is 1.47 bits per heavy atom. The van der Waals surface area contributed by atoms with Crippen LogP contribution >= 0.6 is 11.8 Å². The number of nitrogens with two attached hydrogens (primary N) is 1. The van der Waals surface area contributed by atoms with Crippen molar-refractivity contribution in [1.82, 2.24) is 9.55 Å². The van der Waals surface area contributed by atoms with E-state index in [2.05, 4.69) is 4.98 Å². The number of imidazole rings is 1. The van der Waals surface area contributed by atoms with Crippen LogP contribution in [0.5, 0.6) is 0 Å². The van der Waals surface area contributed by atoms with Gasteiger partial charge in [0.2, 0.25) is 0 Å². The number of amidine groups is 1. The Morgan fingerprint density at radius 3 is 2.82 bits per heavy atom. The number of benzene rings is 1. The Labute approximate surface area is 104 Å². The van der Waals surface area contributed by atoms with Crippen molar-refractivity contribution in [2.75, 3.05) is 0 Å². The molecule has 17 heavy (non-hydrogen) atoms. The van der Waals surface area contributed by atoms with E-state index in [0.29, 0.717) is 0 Å². The number of rotatable bonds is 3. The molecule has 1 aromatic carbocycles. The van der Waals surface area contributed by atoms with E-state index in [9.17, 15) is 0 Å². The minimum atomic E-state index is 0.0883. The van der Waals surface area contributed by atoms with Gasteiger partial charge in [0.15, 0.2) is 5.16 Å². The fraction of sp³-hybridized carbons (Fsp3) is 0.167.